The zero-order chi connectivity index (χ0) is 22.0. The second-order valence-corrected chi connectivity index (χ2v) is 6.89. The number of non-ortho nitro benzene ring substituents is 1. The zero-order valence-electron chi connectivity index (χ0n) is 16.2. The first-order chi connectivity index (χ1) is 15.0. The molecule has 10 nitrogen and oxygen atoms in total. The standard InChI is InChI=1S/C21H17N5O5/c27-19(23-8-1-10-24-11-9-22-13-24)14-2-7-17-18(12-14)21(29)25(20(17)28)15-3-5-16(6-4-15)26(30)31/h2-7,9,11-13H,1,8,10H2,(H,23,27). The number of nitro benzene ring substituents is 1. The summed E-state index contributed by atoms with van der Waals surface area (Å²) in [6.45, 7) is 1.15. The molecule has 31 heavy (non-hydrogen) atoms. The van der Waals surface area contributed by atoms with Crippen LogP contribution in [0.4, 0.5) is 11.4 Å². The van der Waals surface area contributed by atoms with Crippen molar-refractivity contribution in [2.45, 2.75) is 13.0 Å². The Hall–Kier alpha value is -4.34. The Morgan fingerprint density at radius 3 is 2.48 bits per heavy atom. The number of imide groups is 1. The Morgan fingerprint density at radius 1 is 1.06 bits per heavy atom. The molecule has 3 amide bonds. The van der Waals surface area contributed by atoms with E-state index in [0.717, 1.165) is 4.90 Å². The van der Waals surface area contributed by atoms with E-state index in [1.165, 1.54) is 42.5 Å². The molecule has 4 rings (SSSR count). The summed E-state index contributed by atoms with van der Waals surface area (Å²) in [5, 5.41) is 13.6. The number of anilines is 1. The largest absolute Gasteiger partial charge is 0.352 e. The number of rotatable bonds is 7. The second-order valence-electron chi connectivity index (χ2n) is 6.89. The van der Waals surface area contributed by atoms with Gasteiger partial charge in [0.05, 0.1) is 28.1 Å². The molecule has 0 spiro atoms. The van der Waals surface area contributed by atoms with Gasteiger partial charge in [0.15, 0.2) is 0 Å². The highest BCUT2D eigenvalue weighted by atomic mass is 16.6. The van der Waals surface area contributed by atoms with Crippen LogP contribution in [0.2, 0.25) is 0 Å². The molecule has 0 atom stereocenters. The Labute approximate surface area is 176 Å². The van der Waals surface area contributed by atoms with E-state index in [9.17, 15) is 24.5 Å². The number of benzene rings is 2. The van der Waals surface area contributed by atoms with Crippen LogP contribution in [-0.2, 0) is 6.54 Å². The third-order valence-corrected chi connectivity index (χ3v) is 4.91. The molecule has 1 aromatic heterocycles. The van der Waals surface area contributed by atoms with Crippen molar-refractivity contribution >= 4 is 29.1 Å². The second kappa shape index (κ2) is 8.19. The molecule has 0 saturated carbocycles. The van der Waals surface area contributed by atoms with Crippen LogP contribution in [0.3, 0.4) is 0 Å². The lowest BCUT2D eigenvalue weighted by molar-refractivity contribution is -0.384. The average molecular weight is 419 g/mol. The van der Waals surface area contributed by atoms with Gasteiger partial charge >= 0.3 is 0 Å². The Balaban J connectivity index is 1.45. The zero-order valence-corrected chi connectivity index (χ0v) is 16.2. The predicted octanol–water partition coefficient (Wildman–Crippen LogP) is 2.41. The van der Waals surface area contributed by atoms with E-state index in [4.69, 9.17) is 0 Å². The number of amides is 3. The molecule has 2 heterocycles. The van der Waals surface area contributed by atoms with Gasteiger partial charge in [-0.1, -0.05) is 0 Å². The number of nitrogens with one attached hydrogen (secondary N) is 1. The molecule has 2 aromatic carbocycles. The molecule has 10 heteroatoms. The first-order valence-electron chi connectivity index (χ1n) is 9.47. The van der Waals surface area contributed by atoms with Crippen molar-refractivity contribution in [1.29, 1.82) is 0 Å². The average Bonchev–Trinajstić information content (AvgIpc) is 3.38. The minimum absolute atomic E-state index is 0.120. The van der Waals surface area contributed by atoms with Crippen molar-refractivity contribution in [1.82, 2.24) is 14.9 Å². The van der Waals surface area contributed by atoms with Gasteiger partial charge in [-0.15, -0.1) is 0 Å². The van der Waals surface area contributed by atoms with Crippen molar-refractivity contribution in [3.05, 3.63) is 88.0 Å². The molecule has 1 aliphatic heterocycles. The molecule has 3 aromatic rings. The van der Waals surface area contributed by atoms with E-state index in [1.54, 1.807) is 12.5 Å². The van der Waals surface area contributed by atoms with E-state index >= 15 is 0 Å². The van der Waals surface area contributed by atoms with Gasteiger partial charge < -0.3 is 9.88 Å². The summed E-state index contributed by atoms with van der Waals surface area (Å²) in [6.07, 6.45) is 5.92. The third-order valence-electron chi connectivity index (χ3n) is 4.91. The SMILES string of the molecule is O=C(NCCCn1ccnc1)c1ccc2c(c1)C(=O)N(c1ccc([N+](=O)[O-])cc1)C2=O. The van der Waals surface area contributed by atoms with Crippen LogP contribution < -0.4 is 10.2 Å². The van der Waals surface area contributed by atoms with Gasteiger partial charge in [0.2, 0.25) is 0 Å². The number of hydrogen-bond donors (Lipinski definition) is 1. The van der Waals surface area contributed by atoms with Crippen molar-refractivity contribution in [3.63, 3.8) is 0 Å². The molecule has 0 bridgehead atoms. The van der Waals surface area contributed by atoms with Crippen LogP contribution in [0, 0.1) is 10.1 Å². The number of carbonyl (C=O) groups is 3. The van der Waals surface area contributed by atoms with Gasteiger partial charge in [-0.25, -0.2) is 9.88 Å². The van der Waals surface area contributed by atoms with E-state index in [0.29, 0.717) is 19.5 Å². The molecule has 1 aliphatic rings. The quantitative estimate of drug-likeness (QED) is 0.271. The van der Waals surface area contributed by atoms with Gasteiger partial charge in [-0.3, -0.25) is 24.5 Å². The monoisotopic (exact) mass is 419 g/mol. The molecule has 0 radical (unpaired) electrons. The van der Waals surface area contributed by atoms with Crippen LogP contribution >= 0.6 is 0 Å². The fraction of sp³-hybridized carbons (Fsp3) is 0.143. The summed E-state index contributed by atoms with van der Waals surface area (Å²) in [4.78, 5) is 53.1. The maximum atomic E-state index is 12.8. The molecule has 0 saturated heterocycles. The lowest BCUT2D eigenvalue weighted by atomic mass is 10.1. The number of aromatic nitrogens is 2. The molecule has 0 aliphatic carbocycles. The Bertz CT molecular complexity index is 1170. The van der Waals surface area contributed by atoms with Gasteiger partial charge in [0.25, 0.3) is 23.4 Å². The first kappa shape index (κ1) is 20.0. The fourth-order valence-corrected chi connectivity index (χ4v) is 3.32. The predicted molar refractivity (Wildman–Crippen MR) is 110 cm³/mol. The van der Waals surface area contributed by atoms with Crippen LogP contribution in [0.25, 0.3) is 0 Å². The number of imidazole rings is 1. The number of fused-ring (bicyclic) bond motifs is 1. The summed E-state index contributed by atoms with van der Waals surface area (Å²) in [6, 6.07) is 9.46. The number of carbonyl (C=O) groups excluding carboxylic acids is 3. The molecule has 156 valence electrons. The molecular formula is C21H17N5O5. The van der Waals surface area contributed by atoms with E-state index in [1.807, 2.05) is 10.8 Å². The van der Waals surface area contributed by atoms with Crippen LogP contribution in [-0.4, -0.2) is 38.7 Å². The highest BCUT2D eigenvalue weighted by Gasteiger charge is 2.37. The van der Waals surface area contributed by atoms with E-state index < -0.39 is 16.7 Å². The Morgan fingerprint density at radius 2 is 1.81 bits per heavy atom. The van der Waals surface area contributed by atoms with Crippen LogP contribution in [0.5, 0.6) is 0 Å². The smallest absolute Gasteiger partial charge is 0.269 e. The van der Waals surface area contributed by atoms with Gasteiger partial charge in [-0.05, 0) is 36.8 Å². The molecule has 1 N–H and O–H groups in total. The highest BCUT2D eigenvalue weighted by molar-refractivity contribution is 6.34. The maximum absolute atomic E-state index is 12.8. The van der Waals surface area contributed by atoms with E-state index in [2.05, 4.69) is 10.3 Å². The van der Waals surface area contributed by atoms with Crippen molar-refractivity contribution in [2.75, 3.05) is 11.4 Å². The van der Waals surface area contributed by atoms with E-state index in [-0.39, 0.29) is 34.0 Å². The van der Waals surface area contributed by atoms with Crippen LogP contribution in [0.15, 0.2) is 61.2 Å². The summed E-state index contributed by atoms with van der Waals surface area (Å²) in [5.74, 6) is -1.47. The molecule has 0 unspecified atom stereocenters. The topological polar surface area (TPSA) is 127 Å². The number of nitro groups is 1. The molecule has 0 fully saturated rings. The lowest BCUT2D eigenvalue weighted by Crippen LogP contribution is -2.29. The Kier molecular flexibility index (Phi) is 5.27. The highest BCUT2D eigenvalue weighted by Crippen LogP contribution is 2.30. The minimum atomic E-state index is -0.580. The summed E-state index contributed by atoms with van der Waals surface area (Å²) >= 11 is 0. The number of nitrogens with zero attached hydrogens (tertiary/aromatic N) is 4. The fourth-order valence-electron chi connectivity index (χ4n) is 3.32. The third kappa shape index (κ3) is 3.90. The lowest BCUT2D eigenvalue weighted by Gasteiger charge is -2.13. The van der Waals surface area contributed by atoms with Crippen molar-refractivity contribution in [3.8, 4) is 0 Å². The van der Waals surface area contributed by atoms with Crippen molar-refractivity contribution < 1.29 is 19.3 Å². The number of hydrogen-bond acceptors (Lipinski definition) is 6. The summed E-state index contributed by atoms with van der Waals surface area (Å²) in [5.41, 5.74) is 0.650. The number of aryl methyl sites for hydroxylation is 1. The van der Waals surface area contributed by atoms with Crippen LogP contribution in [0.1, 0.15) is 37.5 Å². The van der Waals surface area contributed by atoms with Gasteiger partial charge in [-0.2, -0.15) is 0 Å². The van der Waals surface area contributed by atoms with Gasteiger partial charge in [0, 0.05) is 43.2 Å². The summed E-state index contributed by atoms with van der Waals surface area (Å²) < 4.78 is 1.90. The van der Waals surface area contributed by atoms with Crippen molar-refractivity contribution in [2.24, 2.45) is 0 Å². The first-order valence-corrected chi connectivity index (χ1v) is 9.47. The normalized spacial score (nSPS) is 12.7. The maximum Gasteiger partial charge on any atom is 0.269 e. The minimum Gasteiger partial charge on any atom is -0.352 e. The molecular weight excluding hydrogens is 402 g/mol. The van der Waals surface area contributed by atoms with Gasteiger partial charge in [0.1, 0.15) is 0 Å². The summed E-state index contributed by atoms with van der Waals surface area (Å²) in [7, 11) is 0.